The molecule has 176 valence electrons. The minimum Gasteiger partial charge on any atom is -0.550 e. The summed E-state index contributed by atoms with van der Waals surface area (Å²) in [6.07, 6.45) is -0.710. The van der Waals surface area contributed by atoms with Crippen molar-refractivity contribution in [3.8, 4) is 0 Å². The van der Waals surface area contributed by atoms with E-state index in [2.05, 4.69) is 9.44 Å². The molecule has 33 heavy (non-hydrogen) atoms. The van der Waals surface area contributed by atoms with Crippen LogP contribution in [0.15, 0.2) is 70.5 Å². The number of carboxylic acids is 2. The van der Waals surface area contributed by atoms with E-state index in [1.54, 1.807) is 36.4 Å². The van der Waals surface area contributed by atoms with E-state index < -0.39 is 44.1 Å². The van der Waals surface area contributed by atoms with E-state index in [1.807, 2.05) is 0 Å². The van der Waals surface area contributed by atoms with E-state index in [0.29, 0.717) is 0 Å². The molecule has 2 atom stereocenters. The Morgan fingerprint density at radius 2 is 0.970 bits per heavy atom. The molecule has 2 aromatic carbocycles. The van der Waals surface area contributed by atoms with Crippen LogP contribution in [0.5, 0.6) is 0 Å². The molecule has 2 aromatic rings. The molecule has 10 nitrogen and oxygen atoms in total. The molecule has 0 spiro atoms. The molecule has 0 aliphatic rings. The SMILES string of the molecule is CC(CC(=O)[O-])NS(=O)(=O)c1ccccc1.CC(CC(=O)[O-])NS(=O)(=O)c1ccccc1.[Ca+2]. The molecule has 0 aromatic heterocycles. The predicted molar refractivity (Wildman–Crippen MR) is 117 cm³/mol. The molecular formula is C20H24CaN2O8S2. The number of nitrogens with one attached hydrogen (secondary N) is 2. The van der Waals surface area contributed by atoms with Gasteiger partial charge in [0.25, 0.3) is 0 Å². The number of benzene rings is 2. The number of carbonyl (C=O) groups excluding carboxylic acids is 2. The number of carboxylic acid groups (broad SMARTS) is 2. The van der Waals surface area contributed by atoms with Gasteiger partial charge >= 0.3 is 37.7 Å². The van der Waals surface area contributed by atoms with Crippen molar-refractivity contribution in [1.29, 1.82) is 0 Å². The summed E-state index contributed by atoms with van der Waals surface area (Å²) in [6.45, 7) is 2.94. The van der Waals surface area contributed by atoms with Crippen molar-refractivity contribution in [1.82, 2.24) is 9.44 Å². The van der Waals surface area contributed by atoms with Gasteiger partial charge in [0.2, 0.25) is 20.0 Å². The van der Waals surface area contributed by atoms with Crippen LogP contribution in [0.3, 0.4) is 0 Å². The second-order valence-corrected chi connectivity index (χ2v) is 10.3. The summed E-state index contributed by atoms with van der Waals surface area (Å²) in [5.41, 5.74) is 0. The first-order valence-electron chi connectivity index (χ1n) is 9.38. The monoisotopic (exact) mass is 524 g/mol. The summed E-state index contributed by atoms with van der Waals surface area (Å²) in [6, 6.07) is 14.1. The first-order valence-corrected chi connectivity index (χ1v) is 12.3. The molecule has 0 saturated carbocycles. The maximum Gasteiger partial charge on any atom is 2.00 e. The molecule has 2 unspecified atom stereocenters. The van der Waals surface area contributed by atoms with Gasteiger partial charge in [0.05, 0.1) is 9.79 Å². The first-order chi connectivity index (χ1) is 14.8. The molecule has 0 radical (unpaired) electrons. The molecule has 0 heterocycles. The fraction of sp³-hybridized carbons (Fsp3) is 0.300. The Kier molecular flexibility index (Phi) is 14.0. The predicted octanol–water partition coefficient (Wildman–Crippen LogP) is -1.39. The fourth-order valence-corrected chi connectivity index (χ4v) is 4.98. The van der Waals surface area contributed by atoms with Gasteiger partial charge in [0.1, 0.15) is 0 Å². The van der Waals surface area contributed by atoms with Crippen LogP contribution in [0.25, 0.3) is 0 Å². The third-order valence-electron chi connectivity index (χ3n) is 3.77. The van der Waals surface area contributed by atoms with Gasteiger partial charge in [-0.2, -0.15) is 0 Å². The van der Waals surface area contributed by atoms with Gasteiger partial charge in [0.15, 0.2) is 0 Å². The smallest absolute Gasteiger partial charge is 0.550 e. The van der Waals surface area contributed by atoms with Crippen molar-refractivity contribution in [2.45, 2.75) is 48.6 Å². The summed E-state index contributed by atoms with van der Waals surface area (Å²) >= 11 is 0. The van der Waals surface area contributed by atoms with Gasteiger partial charge in [0, 0.05) is 36.9 Å². The van der Waals surface area contributed by atoms with Crippen LogP contribution in [-0.2, 0) is 29.6 Å². The van der Waals surface area contributed by atoms with Crippen LogP contribution in [0.2, 0.25) is 0 Å². The van der Waals surface area contributed by atoms with Gasteiger partial charge in [-0.05, 0) is 38.1 Å². The van der Waals surface area contributed by atoms with Gasteiger partial charge in [-0.25, -0.2) is 26.3 Å². The van der Waals surface area contributed by atoms with E-state index in [0.717, 1.165) is 0 Å². The maximum absolute atomic E-state index is 11.7. The van der Waals surface area contributed by atoms with Crippen LogP contribution in [-0.4, -0.2) is 78.6 Å². The zero-order chi connectivity index (χ0) is 24.4. The van der Waals surface area contributed by atoms with E-state index in [9.17, 15) is 36.6 Å². The molecule has 13 heteroatoms. The molecule has 0 bridgehead atoms. The van der Waals surface area contributed by atoms with Crippen molar-refractivity contribution in [3.63, 3.8) is 0 Å². The van der Waals surface area contributed by atoms with Crippen LogP contribution >= 0.6 is 0 Å². The molecule has 0 aliphatic heterocycles. The minimum absolute atomic E-state index is 0. The van der Waals surface area contributed by atoms with Gasteiger partial charge < -0.3 is 19.8 Å². The Labute approximate surface area is 223 Å². The Morgan fingerprint density at radius 3 is 1.21 bits per heavy atom. The minimum atomic E-state index is -3.65. The van der Waals surface area contributed by atoms with Crippen LogP contribution in [0.1, 0.15) is 26.7 Å². The number of carbonyl (C=O) groups is 2. The van der Waals surface area contributed by atoms with Gasteiger partial charge in [-0.1, -0.05) is 36.4 Å². The summed E-state index contributed by atoms with van der Waals surface area (Å²) < 4.78 is 51.3. The fourth-order valence-electron chi connectivity index (χ4n) is 2.45. The average molecular weight is 525 g/mol. The van der Waals surface area contributed by atoms with Crippen molar-refractivity contribution in [3.05, 3.63) is 60.7 Å². The van der Waals surface area contributed by atoms with E-state index >= 15 is 0 Å². The first kappa shape index (κ1) is 31.5. The zero-order valence-corrected chi connectivity index (χ0v) is 22.0. The van der Waals surface area contributed by atoms with Crippen LogP contribution < -0.4 is 19.7 Å². The van der Waals surface area contributed by atoms with Crippen molar-refractivity contribution in [2.75, 3.05) is 0 Å². The van der Waals surface area contributed by atoms with Crippen LogP contribution in [0.4, 0.5) is 0 Å². The Balaban J connectivity index is 0.000000602. The Bertz CT molecular complexity index is 1010. The summed E-state index contributed by atoms with van der Waals surface area (Å²) in [4.78, 5) is 20.8. The molecule has 0 aliphatic carbocycles. The largest absolute Gasteiger partial charge is 2.00 e. The number of hydrogen-bond donors (Lipinski definition) is 2. The van der Waals surface area contributed by atoms with Crippen LogP contribution in [0, 0.1) is 0 Å². The topological polar surface area (TPSA) is 173 Å². The van der Waals surface area contributed by atoms with E-state index in [4.69, 9.17) is 0 Å². The Morgan fingerprint density at radius 1 is 0.697 bits per heavy atom. The number of aliphatic carboxylic acids is 2. The third-order valence-corrected chi connectivity index (χ3v) is 6.98. The number of rotatable bonds is 10. The standard InChI is InChI=1S/2C10H13NO4S.Ca/c2*1-8(7-10(12)13)11-16(14,15)9-5-3-2-4-6-9;/h2*2-6,8,11H,7H2,1H3,(H,12,13);/q;;+2/p-2. The quantitative estimate of drug-likeness (QED) is 0.357. The van der Waals surface area contributed by atoms with Gasteiger partial charge in [-0.15, -0.1) is 0 Å². The molecule has 2 N–H and O–H groups in total. The average Bonchev–Trinajstić information content (AvgIpc) is 2.67. The second kappa shape index (κ2) is 14.7. The van der Waals surface area contributed by atoms with E-state index in [1.165, 1.54) is 38.1 Å². The number of hydrogen-bond acceptors (Lipinski definition) is 8. The van der Waals surface area contributed by atoms with Crippen molar-refractivity contribution >= 4 is 69.7 Å². The molecule has 0 amide bonds. The second-order valence-electron chi connectivity index (χ2n) is 6.82. The molecular weight excluding hydrogens is 500 g/mol. The summed E-state index contributed by atoms with van der Waals surface area (Å²) in [5.74, 6) is -2.58. The van der Waals surface area contributed by atoms with Crippen molar-refractivity contribution in [2.24, 2.45) is 0 Å². The Hall–Kier alpha value is -1.54. The molecule has 0 fully saturated rings. The molecule has 2 rings (SSSR count). The molecule has 0 saturated heterocycles. The zero-order valence-electron chi connectivity index (χ0n) is 18.1. The van der Waals surface area contributed by atoms with E-state index in [-0.39, 0.29) is 60.4 Å². The number of sulfonamides is 2. The normalized spacial score (nSPS) is 12.9. The maximum atomic E-state index is 11.7. The summed E-state index contributed by atoms with van der Waals surface area (Å²) in [5, 5.41) is 20.6. The van der Waals surface area contributed by atoms with Gasteiger partial charge in [-0.3, -0.25) is 0 Å². The summed E-state index contributed by atoms with van der Waals surface area (Å²) in [7, 11) is -7.29. The van der Waals surface area contributed by atoms with Crippen molar-refractivity contribution < 1.29 is 36.6 Å². The third kappa shape index (κ3) is 12.5.